The van der Waals surface area contributed by atoms with E-state index in [0.717, 1.165) is 0 Å². The van der Waals surface area contributed by atoms with E-state index < -0.39 is 22.0 Å². The summed E-state index contributed by atoms with van der Waals surface area (Å²) in [5, 5.41) is 2.97. The summed E-state index contributed by atoms with van der Waals surface area (Å²) in [7, 11) is -4.04. The smallest absolute Gasteiger partial charge is 0.242 e. The van der Waals surface area contributed by atoms with Gasteiger partial charge >= 0.3 is 0 Å². The van der Waals surface area contributed by atoms with E-state index in [0.29, 0.717) is 23.7 Å². The molecule has 0 saturated carbocycles. The second-order valence-corrected chi connectivity index (χ2v) is 9.35. The zero-order chi connectivity index (χ0) is 20.7. The Balaban J connectivity index is 2.15. The number of carbonyl (C=O) groups is 1. The lowest BCUT2D eigenvalue weighted by Crippen LogP contribution is -2.46. The van der Waals surface area contributed by atoms with Crippen LogP contribution in [0, 0.1) is 6.92 Å². The number of amides is 1. The Bertz CT molecular complexity index is 942. The van der Waals surface area contributed by atoms with Crippen LogP contribution < -0.4 is 10.0 Å². The molecule has 2 N–H and O–H groups in total. The Hall–Kier alpha value is -1.39. The van der Waals surface area contributed by atoms with Gasteiger partial charge in [0.15, 0.2) is 0 Å². The van der Waals surface area contributed by atoms with E-state index in [1.165, 1.54) is 30.0 Å². The van der Waals surface area contributed by atoms with E-state index >= 15 is 0 Å². The Kier molecular flexibility index (Phi) is 8.51. The number of hydrogen-bond donors (Lipinski definition) is 2. The molecule has 1 aromatic heterocycles. The van der Waals surface area contributed by atoms with Crippen molar-refractivity contribution < 1.29 is 13.2 Å². The van der Waals surface area contributed by atoms with E-state index in [-0.39, 0.29) is 21.5 Å². The zero-order valence-corrected chi connectivity index (χ0v) is 18.4. The Labute approximate surface area is 178 Å². The summed E-state index contributed by atoms with van der Waals surface area (Å²) < 4.78 is 27.9. The first-order valence-corrected chi connectivity index (χ1v) is 11.9. The predicted octanol–water partition coefficient (Wildman–Crippen LogP) is 2.81. The second kappa shape index (κ2) is 10.4. The number of halogens is 2. The van der Waals surface area contributed by atoms with Gasteiger partial charge in [-0.25, -0.2) is 18.4 Å². The number of carbonyl (C=O) groups excluding carboxylic acids is 1. The molecule has 11 heteroatoms. The normalized spacial score (nSPS) is 12.6. The highest BCUT2D eigenvalue weighted by atomic mass is 35.5. The fourth-order valence-corrected chi connectivity index (χ4v) is 4.78. The van der Waals surface area contributed by atoms with Crippen molar-refractivity contribution in [1.82, 2.24) is 20.0 Å². The van der Waals surface area contributed by atoms with Crippen LogP contribution in [0.4, 0.5) is 0 Å². The predicted molar refractivity (Wildman–Crippen MR) is 112 cm³/mol. The largest absolute Gasteiger partial charge is 0.349 e. The monoisotopic (exact) mass is 462 g/mol. The quantitative estimate of drug-likeness (QED) is 0.593. The second-order valence-electron chi connectivity index (χ2n) is 5.84. The lowest BCUT2D eigenvalue weighted by molar-refractivity contribution is -0.122. The minimum atomic E-state index is -4.04. The molecule has 0 bridgehead atoms. The van der Waals surface area contributed by atoms with Crippen LogP contribution in [0.2, 0.25) is 10.0 Å². The van der Waals surface area contributed by atoms with Crippen molar-refractivity contribution in [3.63, 3.8) is 0 Å². The van der Waals surface area contributed by atoms with Gasteiger partial charge in [0.2, 0.25) is 15.9 Å². The number of hydrogen-bond acceptors (Lipinski definition) is 6. The molecule has 0 aliphatic carbocycles. The van der Waals surface area contributed by atoms with Crippen LogP contribution in [0.1, 0.15) is 17.9 Å². The molecule has 2 aromatic rings. The lowest BCUT2D eigenvalue weighted by Gasteiger charge is -2.19. The molecule has 0 radical (unpaired) electrons. The van der Waals surface area contributed by atoms with Crippen molar-refractivity contribution in [2.24, 2.45) is 0 Å². The third-order valence-electron chi connectivity index (χ3n) is 3.68. The highest BCUT2D eigenvalue weighted by Gasteiger charge is 2.27. The van der Waals surface area contributed by atoms with E-state index in [1.807, 2.05) is 6.26 Å². The van der Waals surface area contributed by atoms with Gasteiger partial charge in [-0.3, -0.25) is 4.79 Å². The SMILES string of the molecule is CSCCC(NS(=O)(=O)c1cc(Cl)ccc1Cl)C(=O)NCc1ccnc(C)n1. The number of benzene rings is 1. The van der Waals surface area contributed by atoms with Crippen LogP contribution in [0.5, 0.6) is 0 Å². The Morgan fingerprint density at radius 3 is 2.71 bits per heavy atom. The molecule has 0 saturated heterocycles. The number of rotatable bonds is 9. The van der Waals surface area contributed by atoms with E-state index in [4.69, 9.17) is 23.2 Å². The number of thioether (sulfide) groups is 1. The van der Waals surface area contributed by atoms with Crippen molar-refractivity contribution in [2.75, 3.05) is 12.0 Å². The van der Waals surface area contributed by atoms with Gasteiger partial charge in [0.05, 0.1) is 17.3 Å². The van der Waals surface area contributed by atoms with Gasteiger partial charge in [-0.1, -0.05) is 23.2 Å². The molecule has 28 heavy (non-hydrogen) atoms. The van der Waals surface area contributed by atoms with E-state index in [9.17, 15) is 13.2 Å². The van der Waals surface area contributed by atoms with Crippen LogP contribution >= 0.6 is 35.0 Å². The van der Waals surface area contributed by atoms with Crippen LogP contribution in [-0.4, -0.2) is 42.3 Å². The summed E-state index contributed by atoms with van der Waals surface area (Å²) in [6.07, 6.45) is 3.78. The molecule has 2 rings (SSSR count). The fraction of sp³-hybridized carbons (Fsp3) is 0.353. The van der Waals surface area contributed by atoms with E-state index in [1.54, 1.807) is 19.2 Å². The number of sulfonamides is 1. The minimum absolute atomic E-state index is 0.0254. The number of aromatic nitrogens is 2. The molecule has 7 nitrogen and oxygen atoms in total. The van der Waals surface area contributed by atoms with Gasteiger partial charge in [-0.05, 0) is 49.6 Å². The molecule has 0 spiro atoms. The van der Waals surface area contributed by atoms with Crippen molar-refractivity contribution >= 4 is 50.9 Å². The molecule has 0 aliphatic heterocycles. The average molecular weight is 463 g/mol. The maximum absolute atomic E-state index is 12.7. The summed E-state index contributed by atoms with van der Waals surface area (Å²) >= 11 is 13.4. The van der Waals surface area contributed by atoms with Gasteiger partial charge in [0.25, 0.3) is 0 Å². The van der Waals surface area contributed by atoms with Crippen LogP contribution in [-0.2, 0) is 21.4 Å². The number of aryl methyl sites for hydroxylation is 1. The molecule has 0 aliphatic rings. The molecule has 1 aromatic carbocycles. The summed E-state index contributed by atoms with van der Waals surface area (Å²) in [5.41, 5.74) is 0.630. The molecule has 152 valence electrons. The average Bonchev–Trinajstić information content (AvgIpc) is 2.65. The molecular formula is C17H20Cl2N4O3S2. The zero-order valence-electron chi connectivity index (χ0n) is 15.3. The molecule has 1 heterocycles. The topological polar surface area (TPSA) is 101 Å². The number of nitrogens with zero attached hydrogens (tertiary/aromatic N) is 2. The third kappa shape index (κ3) is 6.59. The van der Waals surface area contributed by atoms with Crippen molar-refractivity contribution in [1.29, 1.82) is 0 Å². The van der Waals surface area contributed by atoms with Crippen molar-refractivity contribution in [2.45, 2.75) is 30.8 Å². The molecule has 1 amide bonds. The van der Waals surface area contributed by atoms with Gasteiger partial charge in [-0.2, -0.15) is 16.5 Å². The summed E-state index contributed by atoms with van der Waals surface area (Å²) in [6, 6.07) is 4.85. The standard InChI is InChI=1S/C17H20Cl2N4O3S2/c1-11-20-7-5-13(22-11)10-21-17(24)15(6-8-27-2)23-28(25,26)16-9-12(18)3-4-14(16)19/h3-5,7,9,15,23H,6,8,10H2,1-2H3,(H,21,24). The summed E-state index contributed by atoms with van der Waals surface area (Å²) in [6.45, 7) is 1.91. The van der Waals surface area contributed by atoms with E-state index in [2.05, 4.69) is 20.0 Å². The molecular weight excluding hydrogens is 443 g/mol. The molecule has 1 unspecified atom stereocenters. The van der Waals surface area contributed by atoms with Crippen molar-refractivity contribution in [3.8, 4) is 0 Å². The first kappa shape index (κ1) is 22.9. The maximum atomic E-state index is 12.7. The van der Waals surface area contributed by atoms with Gasteiger partial charge in [0.1, 0.15) is 16.8 Å². The molecule has 0 fully saturated rings. The first-order valence-electron chi connectivity index (χ1n) is 8.25. The van der Waals surface area contributed by atoms with Gasteiger partial charge in [-0.15, -0.1) is 0 Å². The van der Waals surface area contributed by atoms with Crippen LogP contribution in [0.25, 0.3) is 0 Å². The minimum Gasteiger partial charge on any atom is -0.349 e. The third-order valence-corrected chi connectivity index (χ3v) is 6.52. The maximum Gasteiger partial charge on any atom is 0.242 e. The number of nitrogens with one attached hydrogen (secondary N) is 2. The van der Waals surface area contributed by atoms with Crippen molar-refractivity contribution in [3.05, 3.63) is 52.0 Å². The first-order chi connectivity index (χ1) is 13.2. The van der Waals surface area contributed by atoms with Gasteiger partial charge < -0.3 is 5.32 Å². The highest BCUT2D eigenvalue weighted by Crippen LogP contribution is 2.25. The summed E-state index contributed by atoms with van der Waals surface area (Å²) in [5.74, 6) is 0.727. The fourth-order valence-electron chi connectivity index (χ4n) is 2.32. The van der Waals surface area contributed by atoms with Gasteiger partial charge in [0, 0.05) is 11.2 Å². The highest BCUT2D eigenvalue weighted by molar-refractivity contribution is 7.98. The molecule has 1 atom stereocenters. The summed E-state index contributed by atoms with van der Waals surface area (Å²) in [4.78, 5) is 20.7. The van der Waals surface area contributed by atoms with Crippen LogP contribution in [0.15, 0.2) is 35.4 Å². The van der Waals surface area contributed by atoms with Crippen LogP contribution in [0.3, 0.4) is 0 Å². The Morgan fingerprint density at radius 2 is 2.04 bits per heavy atom. The lowest BCUT2D eigenvalue weighted by atomic mass is 10.2. The Morgan fingerprint density at radius 1 is 1.29 bits per heavy atom.